The van der Waals surface area contributed by atoms with E-state index >= 15 is 0 Å². The zero-order chi connectivity index (χ0) is 21.8. The minimum absolute atomic E-state index is 0.0266. The SMILES string of the molecule is CC(F)(F)CC(CC(=O)OC(C)(C)C)C(=O)N1C(=O)OCC1Cc1ccccc1. The van der Waals surface area contributed by atoms with Gasteiger partial charge in [-0.05, 0) is 39.7 Å². The van der Waals surface area contributed by atoms with Crippen molar-refractivity contribution in [2.75, 3.05) is 6.61 Å². The van der Waals surface area contributed by atoms with Crippen LogP contribution in [0.1, 0.15) is 46.1 Å². The van der Waals surface area contributed by atoms with Crippen LogP contribution in [0.15, 0.2) is 30.3 Å². The Bertz CT molecular complexity index is 740. The number of carbonyl (C=O) groups is 3. The summed E-state index contributed by atoms with van der Waals surface area (Å²) in [5.41, 5.74) is 0.0556. The zero-order valence-electron chi connectivity index (χ0n) is 17.1. The molecule has 0 bridgehead atoms. The minimum Gasteiger partial charge on any atom is -0.460 e. The van der Waals surface area contributed by atoms with Crippen molar-refractivity contribution < 1.29 is 32.6 Å². The summed E-state index contributed by atoms with van der Waals surface area (Å²) in [6.07, 6.45) is -1.96. The van der Waals surface area contributed by atoms with Crippen LogP contribution >= 0.6 is 0 Å². The van der Waals surface area contributed by atoms with Crippen LogP contribution in [0, 0.1) is 5.92 Å². The maximum atomic E-state index is 13.7. The molecule has 29 heavy (non-hydrogen) atoms. The third-order valence-corrected chi connectivity index (χ3v) is 4.30. The summed E-state index contributed by atoms with van der Waals surface area (Å²) >= 11 is 0. The van der Waals surface area contributed by atoms with Crippen LogP contribution in [-0.2, 0) is 25.5 Å². The van der Waals surface area contributed by atoms with Crippen molar-refractivity contribution in [3.05, 3.63) is 35.9 Å². The van der Waals surface area contributed by atoms with E-state index in [4.69, 9.17) is 9.47 Å². The Morgan fingerprint density at radius 1 is 1.21 bits per heavy atom. The van der Waals surface area contributed by atoms with Crippen LogP contribution in [0.2, 0.25) is 0 Å². The average molecular weight is 411 g/mol. The average Bonchev–Trinajstić information content (AvgIpc) is 2.92. The van der Waals surface area contributed by atoms with Gasteiger partial charge in [0.15, 0.2) is 0 Å². The second kappa shape index (κ2) is 8.88. The molecule has 2 rings (SSSR count). The fourth-order valence-corrected chi connectivity index (χ4v) is 3.23. The summed E-state index contributed by atoms with van der Waals surface area (Å²) in [5, 5.41) is 0. The van der Waals surface area contributed by atoms with E-state index in [1.807, 2.05) is 30.3 Å². The van der Waals surface area contributed by atoms with Gasteiger partial charge in [-0.25, -0.2) is 18.5 Å². The maximum Gasteiger partial charge on any atom is 0.416 e. The monoisotopic (exact) mass is 411 g/mol. The number of carbonyl (C=O) groups excluding carboxylic acids is 3. The van der Waals surface area contributed by atoms with E-state index in [1.165, 1.54) is 0 Å². The molecule has 0 radical (unpaired) electrons. The third-order valence-electron chi connectivity index (χ3n) is 4.30. The van der Waals surface area contributed by atoms with E-state index in [2.05, 4.69) is 0 Å². The second-order valence-electron chi connectivity index (χ2n) is 8.39. The summed E-state index contributed by atoms with van der Waals surface area (Å²) in [7, 11) is 0. The van der Waals surface area contributed by atoms with Gasteiger partial charge in [0, 0.05) is 6.42 Å². The summed E-state index contributed by atoms with van der Waals surface area (Å²) in [6, 6.07) is 8.53. The van der Waals surface area contributed by atoms with Gasteiger partial charge in [0.05, 0.1) is 18.4 Å². The number of benzene rings is 1. The van der Waals surface area contributed by atoms with Gasteiger partial charge < -0.3 is 9.47 Å². The highest BCUT2D eigenvalue weighted by Crippen LogP contribution is 2.30. The molecule has 1 aliphatic heterocycles. The molecule has 1 saturated heterocycles. The number of nitrogens with zero attached hydrogens (tertiary/aromatic N) is 1. The van der Waals surface area contributed by atoms with Gasteiger partial charge in [0.1, 0.15) is 12.2 Å². The van der Waals surface area contributed by atoms with Gasteiger partial charge in [-0.1, -0.05) is 30.3 Å². The fourth-order valence-electron chi connectivity index (χ4n) is 3.23. The van der Waals surface area contributed by atoms with E-state index in [9.17, 15) is 23.2 Å². The van der Waals surface area contributed by atoms with E-state index < -0.39 is 54.3 Å². The van der Waals surface area contributed by atoms with Crippen molar-refractivity contribution in [1.29, 1.82) is 0 Å². The van der Waals surface area contributed by atoms with E-state index in [0.717, 1.165) is 10.5 Å². The first-order valence-corrected chi connectivity index (χ1v) is 9.49. The number of alkyl halides is 2. The van der Waals surface area contributed by atoms with Gasteiger partial charge in [-0.3, -0.25) is 9.59 Å². The standard InChI is InChI=1S/C21H27F2NO5/c1-20(2,3)29-17(25)11-15(12-21(4,22)23)18(26)24-16(13-28-19(24)27)10-14-8-6-5-7-9-14/h5-9,15-16H,10-13H2,1-4H3. The third kappa shape index (κ3) is 7.11. The predicted molar refractivity (Wildman–Crippen MR) is 101 cm³/mol. The summed E-state index contributed by atoms with van der Waals surface area (Å²) in [6.45, 7) is 5.57. The number of imide groups is 1. The molecule has 160 valence electrons. The van der Waals surface area contributed by atoms with Crippen LogP contribution in [0.4, 0.5) is 13.6 Å². The lowest BCUT2D eigenvalue weighted by molar-refractivity contribution is -0.159. The first-order valence-electron chi connectivity index (χ1n) is 9.49. The molecule has 1 heterocycles. The van der Waals surface area contributed by atoms with Crippen LogP contribution in [0.5, 0.6) is 0 Å². The largest absolute Gasteiger partial charge is 0.460 e. The maximum absolute atomic E-state index is 13.7. The van der Waals surface area contributed by atoms with Crippen LogP contribution in [0.25, 0.3) is 0 Å². The number of amides is 2. The second-order valence-corrected chi connectivity index (χ2v) is 8.39. The minimum atomic E-state index is -3.19. The van der Waals surface area contributed by atoms with Gasteiger partial charge in [0.2, 0.25) is 11.8 Å². The normalized spacial score (nSPS) is 18.3. The molecule has 1 aliphatic rings. The number of hydrogen-bond acceptors (Lipinski definition) is 5. The molecular weight excluding hydrogens is 384 g/mol. The Morgan fingerprint density at radius 2 is 1.83 bits per heavy atom. The number of rotatable bonds is 7. The van der Waals surface area contributed by atoms with Gasteiger partial charge in [-0.15, -0.1) is 0 Å². The zero-order valence-corrected chi connectivity index (χ0v) is 17.1. The highest BCUT2D eigenvalue weighted by molar-refractivity contribution is 5.96. The van der Waals surface area contributed by atoms with Crippen molar-refractivity contribution >= 4 is 18.0 Å². The van der Waals surface area contributed by atoms with Crippen molar-refractivity contribution in [2.24, 2.45) is 5.92 Å². The molecule has 0 aliphatic carbocycles. The smallest absolute Gasteiger partial charge is 0.416 e. The molecule has 0 aromatic heterocycles. The van der Waals surface area contributed by atoms with E-state index in [-0.39, 0.29) is 6.61 Å². The van der Waals surface area contributed by atoms with E-state index in [0.29, 0.717) is 13.3 Å². The molecule has 2 unspecified atom stereocenters. The quantitative estimate of drug-likeness (QED) is 0.635. The molecular formula is C21H27F2NO5. The number of ether oxygens (including phenoxy) is 2. The molecule has 2 atom stereocenters. The topological polar surface area (TPSA) is 72.9 Å². The van der Waals surface area contributed by atoms with Crippen molar-refractivity contribution in [2.45, 2.75) is 64.5 Å². The van der Waals surface area contributed by atoms with Gasteiger partial charge in [-0.2, -0.15) is 0 Å². The lowest BCUT2D eigenvalue weighted by Crippen LogP contribution is -2.45. The predicted octanol–water partition coefficient (Wildman–Crippen LogP) is 3.97. The number of halogens is 2. The molecule has 1 aromatic carbocycles. The Labute approximate surface area is 169 Å². The first kappa shape index (κ1) is 22.8. The summed E-state index contributed by atoms with van der Waals surface area (Å²) in [5.74, 6) is -6.21. The molecule has 6 nitrogen and oxygen atoms in total. The van der Waals surface area contributed by atoms with Crippen molar-refractivity contribution in [3.8, 4) is 0 Å². The Morgan fingerprint density at radius 3 is 2.38 bits per heavy atom. The molecule has 0 spiro atoms. The molecule has 8 heteroatoms. The Hall–Kier alpha value is -2.51. The number of hydrogen-bond donors (Lipinski definition) is 0. The fraction of sp³-hybridized carbons (Fsp3) is 0.571. The van der Waals surface area contributed by atoms with Crippen LogP contribution in [0.3, 0.4) is 0 Å². The molecule has 1 aromatic rings. The summed E-state index contributed by atoms with van der Waals surface area (Å²) in [4.78, 5) is 38.2. The van der Waals surface area contributed by atoms with Crippen molar-refractivity contribution in [3.63, 3.8) is 0 Å². The highest BCUT2D eigenvalue weighted by Gasteiger charge is 2.44. The van der Waals surface area contributed by atoms with Gasteiger partial charge in [0.25, 0.3) is 0 Å². The molecule has 2 amide bonds. The molecule has 0 saturated carbocycles. The lowest BCUT2D eigenvalue weighted by Gasteiger charge is -2.27. The molecule has 1 fully saturated rings. The van der Waals surface area contributed by atoms with E-state index in [1.54, 1.807) is 20.8 Å². The van der Waals surface area contributed by atoms with Gasteiger partial charge >= 0.3 is 12.1 Å². The van der Waals surface area contributed by atoms with Crippen LogP contribution < -0.4 is 0 Å². The number of esters is 1. The first-order chi connectivity index (χ1) is 13.4. The Balaban J connectivity index is 2.20. The summed E-state index contributed by atoms with van der Waals surface area (Å²) < 4.78 is 37.6. The number of cyclic esters (lactones) is 1. The lowest BCUT2D eigenvalue weighted by atomic mass is 9.95. The highest BCUT2D eigenvalue weighted by atomic mass is 19.3. The Kier molecular flexibility index (Phi) is 6.97. The van der Waals surface area contributed by atoms with Crippen molar-refractivity contribution in [1.82, 2.24) is 4.90 Å². The molecule has 0 N–H and O–H groups in total. The van der Waals surface area contributed by atoms with Crippen LogP contribution in [-0.4, -0.2) is 47.0 Å².